The zero-order valence-corrected chi connectivity index (χ0v) is 9.55. The van der Waals surface area contributed by atoms with E-state index in [4.69, 9.17) is 9.47 Å². The van der Waals surface area contributed by atoms with E-state index in [9.17, 15) is 9.18 Å². The molecule has 4 nitrogen and oxygen atoms in total. The Morgan fingerprint density at radius 1 is 1.35 bits per heavy atom. The highest BCUT2D eigenvalue weighted by molar-refractivity contribution is 5.76. The Bertz CT molecular complexity index is 421. The van der Waals surface area contributed by atoms with Crippen LogP contribution in [0.1, 0.15) is 18.6 Å². The average molecular weight is 240 g/mol. The zero-order chi connectivity index (χ0) is 12.4. The molecule has 1 heterocycles. The molecule has 2 rings (SSSR count). The van der Waals surface area contributed by atoms with Gasteiger partial charge in [-0.05, 0) is 13.0 Å². The first-order valence-corrected chi connectivity index (χ1v) is 5.26. The summed E-state index contributed by atoms with van der Waals surface area (Å²) in [7, 11) is 1.26. The number of halogens is 1. The molecule has 0 radical (unpaired) electrons. The van der Waals surface area contributed by atoms with E-state index in [0.29, 0.717) is 5.56 Å². The van der Waals surface area contributed by atoms with Gasteiger partial charge in [0.2, 0.25) is 0 Å². The highest BCUT2D eigenvalue weighted by Gasteiger charge is 2.41. The highest BCUT2D eigenvalue weighted by atomic mass is 19.1. The third kappa shape index (κ3) is 2.30. The van der Waals surface area contributed by atoms with Crippen LogP contribution in [-0.2, 0) is 19.0 Å². The first kappa shape index (κ1) is 12.0. The maximum atomic E-state index is 13.6. The fourth-order valence-electron chi connectivity index (χ4n) is 1.83. The molecule has 0 bridgehead atoms. The molecule has 0 aromatic heterocycles. The van der Waals surface area contributed by atoms with Crippen LogP contribution in [0.2, 0.25) is 0 Å². The van der Waals surface area contributed by atoms with Crippen LogP contribution in [0.15, 0.2) is 24.3 Å². The maximum absolute atomic E-state index is 13.6. The van der Waals surface area contributed by atoms with Crippen molar-refractivity contribution < 1.29 is 23.4 Å². The van der Waals surface area contributed by atoms with Crippen LogP contribution in [0, 0.1) is 5.82 Å². The van der Waals surface area contributed by atoms with Gasteiger partial charge in [0, 0.05) is 5.56 Å². The molecule has 1 fully saturated rings. The van der Waals surface area contributed by atoms with Crippen molar-refractivity contribution in [1.29, 1.82) is 0 Å². The third-order valence-electron chi connectivity index (χ3n) is 2.60. The molecule has 1 saturated heterocycles. The molecule has 3 atom stereocenters. The SMILES string of the molecule is COC(=O)[C@@H]1OC(C)O[C@H]1c1ccccc1F. The molecule has 0 saturated carbocycles. The van der Waals surface area contributed by atoms with E-state index >= 15 is 0 Å². The Kier molecular flexibility index (Phi) is 3.40. The van der Waals surface area contributed by atoms with Gasteiger partial charge in [0.15, 0.2) is 12.4 Å². The van der Waals surface area contributed by atoms with E-state index in [-0.39, 0.29) is 0 Å². The van der Waals surface area contributed by atoms with Crippen LogP contribution >= 0.6 is 0 Å². The smallest absolute Gasteiger partial charge is 0.338 e. The lowest BCUT2D eigenvalue weighted by molar-refractivity contribution is -0.153. The molecule has 0 amide bonds. The summed E-state index contributed by atoms with van der Waals surface area (Å²) in [6, 6.07) is 6.14. The second-order valence-corrected chi connectivity index (χ2v) is 3.73. The van der Waals surface area contributed by atoms with Crippen LogP contribution in [0.4, 0.5) is 4.39 Å². The number of benzene rings is 1. The first-order chi connectivity index (χ1) is 8.13. The Labute approximate surface area is 98.3 Å². The number of ether oxygens (including phenoxy) is 3. The first-order valence-electron chi connectivity index (χ1n) is 5.26. The molecule has 0 N–H and O–H groups in total. The van der Waals surface area contributed by atoms with E-state index in [0.717, 1.165) is 0 Å². The fourth-order valence-corrected chi connectivity index (χ4v) is 1.83. The number of carbonyl (C=O) groups is 1. The van der Waals surface area contributed by atoms with Crippen LogP contribution in [0.3, 0.4) is 0 Å². The summed E-state index contributed by atoms with van der Waals surface area (Å²) in [4.78, 5) is 11.5. The predicted molar refractivity (Wildman–Crippen MR) is 56.6 cm³/mol. The van der Waals surface area contributed by atoms with Gasteiger partial charge in [-0.3, -0.25) is 0 Å². The van der Waals surface area contributed by atoms with E-state index in [1.807, 2.05) is 0 Å². The highest BCUT2D eigenvalue weighted by Crippen LogP contribution is 2.34. The van der Waals surface area contributed by atoms with E-state index in [1.54, 1.807) is 25.1 Å². The average Bonchev–Trinajstić information content (AvgIpc) is 2.71. The lowest BCUT2D eigenvalue weighted by atomic mass is 10.0. The summed E-state index contributed by atoms with van der Waals surface area (Å²) in [5.41, 5.74) is 0.298. The molecule has 1 aromatic rings. The van der Waals surface area contributed by atoms with E-state index in [1.165, 1.54) is 13.2 Å². The van der Waals surface area contributed by atoms with Gasteiger partial charge in [0.25, 0.3) is 0 Å². The van der Waals surface area contributed by atoms with Gasteiger partial charge in [-0.2, -0.15) is 0 Å². The van der Waals surface area contributed by atoms with E-state index < -0.39 is 30.3 Å². The van der Waals surface area contributed by atoms with Gasteiger partial charge < -0.3 is 14.2 Å². The zero-order valence-electron chi connectivity index (χ0n) is 9.55. The third-order valence-corrected chi connectivity index (χ3v) is 2.60. The van der Waals surface area contributed by atoms with Crippen LogP contribution < -0.4 is 0 Å². The molecule has 0 spiro atoms. The summed E-state index contributed by atoms with van der Waals surface area (Å²) in [5.74, 6) is -0.994. The van der Waals surface area contributed by atoms with Crippen LogP contribution in [-0.4, -0.2) is 25.5 Å². The van der Waals surface area contributed by atoms with Crippen molar-refractivity contribution >= 4 is 5.97 Å². The molecule has 1 aliphatic heterocycles. The number of esters is 1. The minimum Gasteiger partial charge on any atom is -0.467 e. The normalized spacial score (nSPS) is 28.1. The number of carbonyl (C=O) groups excluding carboxylic acids is 1. The second kappa shape index (κ2) is 4.81. The Hall–Kier alpha value is -1.46. The van der Waals surface area contributed by atoms with Crippen molar-refractivity contribution in [3.05, 3.63) is 35.6 Å². The standard InChI is InChI=1S/C12H13FO4/c1-7-16-10(11(17-7)12(14)15-2)8-5-3-4-6-9(8)13/h3-7,10-11H,1-2H3/t7?,10-,11+/m0/s1. The number of rotatable bonds is 2. The van der Waals surface area contributed by atoms with Crippen molar-refractivity contribution in [3.63, 3.8) is 0 Å². The van der Waals surface area contributed by atoms with Crippen molar-refractivity contribution in [1.82, 2.24) is 0 Å². The molecule has 92 valence electrons. The summed E-state index contributed by atoms with van der Waals surface area (Å²) in [6.45, 7) is 1.65. The molecule has 1 aliphatic rings. The van der Waals surface area contributed by atoms with Crippen molar-refractivity contribution in [2.24, 2.45) is 0 Å². The summed E-state index contributed by atoms with van der Waals surface area (Å²) < 4.78 is 28.9. The minimum absolute atomic E-state index is 0.298. The quantitative estimate of drug-likeness (QED) is 0.739. The van der Waals surface area contributed by atoms with Gasteiger partial charge >= 0.3 is 5.97 Å². The number of methoxy groups -OCH3 is 1. The summed E-state index contributed by atoms with van der Waals surface area (Å²) >= 11 is 0. The van der Waals surface area contributed by atoms with Gasteiger partial charge in [0.05, 0.1) is 7.11 Å². The molecule has 5 heteroatoms. The van der Waals surface area contributed by atoms with Gasteiger partial charge in [-0.1, -0.05) is 18.2 Å². The fraction of sp³-hybridized carbons (Fsp3) is 0.417. The molecule has 17 heavy (non-hydrogen) atoms. The Balaban J connectivity index is 2.30. The minimum atomic E-state index is -0.924. The largest absolute Gasteiger partial charge is 0.467 e. The lowest BCUT2D eigenvalue weighted by Gasteiger charge is -2.15. The van der Waals surface area contributed by atoms with Crippen molar-refractivity contribution in [2.75, 3.05) is 7.11 Å². The summed E-state index contributed by atoms with van der Waals surface area (Å²) in [6.07, 6.45) is -2.26. The second-order valence-electron chi connectivity index (χ2n) is 3.73. The number of hydrogen-bond donors (Lipinski definition) is 0. The monoisotopic (exact) mass is 240 g/mol. The summed E-state index contributed by atoms with van der Waals surface area (Å²) in [5, 5.41) is 0. The van der Waals surface area contributed by atoms with Crippen molar-refractivity contribution in [2.45, 2.75) is 25.4 Å². The van der Waals surface area contributed by atoms with Gasteiger partial charge in [0.1, 0.15) is 11.9 Å². The van der Waals surface area contributed by atoms with Crippen molar-refractivity contribution in [3.8, 4) is 0 Å². The molecular formula is C12H13FO4. The maximum Gasteiger partial charge on any atom is 0.338 e. The molecular weight excluding hydrogens is 227 g/mol. The van der Waals surface area contributed by atoms with Crippen LogP contribution in [0.25, 0.3) is 0 Å². The molecule has 0 aliphatic carbocycles. The van der Waals surface area contributed by atoms with Gasteiger partial charge in [-0.25, -0.2) is 9.18 Å². The predicted octanol–water partition coefficient (Wildman–Crippen LogP) is 1.80. The molecule has 1 unspecified atom stereocenters. The topological polar surface area (TPSA) is 44.8 Å². The molecule has 1 aromatic carbocycles. The Morgan fingerprint density at radius 2 is 2.06 bits per heavy atom. The van der Waals surface area contributed by atoms with E-state index in [2.05, 4.69) is 4.74 Å². The lowest BCUT2D eigenvalue weighted by Crippen LogP contribution is -2.27. The van der Waals surface area contributed by atoms with Crippen LogP contribution in [0.5, 0.6) is 0 Å². The van der Waals surface area contributed by atoms with Gasteiger partial charge in [-0.15, -0.1) is 0 Å². The number of hydrogen-bond acceptors (Lipinski definition) is 4. The Morgan fingerprint density at radius 3 is 2.71 bits per heavy atom.